The van der Waals surface area contributed by atoms with Crippen molar-refractivity contribution >= 4 is 22.4 Å². The van der Waals surface area contributed by atoms with Gasteiger partial charge in [-0.3, -0.25) is 4.79 Å². The molecule has 4 aromatic rings. The lowest BCUT2D eigenvalue weighted by Gasteiger charge is -2.20. The Balaban J connectivity index is 1.39. The van der Waals surface area contributed by atoms with E-state index in [4.69, 9.17) is 9.26 Å². The molecule has 1 unspecified atom stereocenters. The van der Waals surface area contributed by atoms with E-state index in [1.54, 1.807) is 0 Å². The zero-order chi connectivity index (χ0) is 22.8. The lowest BCUT2D eigenvalue weighted by atomic mass is 10.0. The van der Waals surface area contributed by atoms with E-state index in [1.165, 1.54) is 0 Å². The highest BCUT2D eigenvalue weighted by Gasteiger charge is 2.29. The Labute approximate surface area is 193 Å². The van der Waals surface area contributed by atoms with Crippen molar-refractivity contribution in [1.29, 1.82) is 0 Å². The number of para-hydroxylation sites is 1. The molecule has 2 heterocycles. The van der Waals surface area contributed by atoms with Gasteiger partial charge in [0.25, 0.3) is 5.91 Å². The Morgan fingerprint density at radius 1 is 1.09 bits per heavy atom. The van der Waals surface area contributed by atoms with Gasteiger partial charge in [-0.1, -0.05) is 47.6 Å². The number of benzene rings is 3. The molecular formula is C27H27N3O3. The molecule has 1 atom stereocenters. The van der Waals surface area contributed by atoms with Gasteiger partial charge in [0.2, 0.25) is 0 Å². The van der Waals surface area contributed by atoms with Crippen LogP contribution in [-0.2, 0) is 6.61 Å². The van der Waals surface area contributed by atoms with Crippen molar-refractivity contribution in [1.82, 2.24) is 10.1 Å². The third-order valence-electron chi connectivity index (χ3n) is 6.25. The molecule has 1 saturated heterocycles. The fourth-order valence-corrected chi connectivity index (χ4v) is 4.37. The van der Waals surface area contributed by atoms with Crippen LogP contribution < -0.4 is 10.1 Å². The van der Waals surface area contributed by atoms with E-state index in [2.05, 4.69) is 22.6 Å². The predicted molar refractivity (Wildman–Crippen MR) is 129 cm³/mol. The first-order valence-electron chi connectivity index (χ1n) is 11.3. The lowest BCUT2D eigenvalue weighted by molar-refractivity contribution is 0.0787. The monoisotopic (exact) mass is 441 g/mol. The number of aromatic nitrogens is 1. The molecule has 33 heavy (non-hydrogen) atoms. The van der Waals surface area contributed by atoms with E-state index in [1.807, 2.05) is 73.3 Å². The quantitative estimate of drug-likeness (QED) is 0.437. The average Bonchev–Trinajstić information content (AvgIpc) is 3.43. The second kappa shape index (κ2) is 8.98. The Bertz CT molecular complexity index is 1260. The van der Waals surface area contributed by atoms with Crippen LogP contribution in [0.3, 0.4) is 0 Å². The number of anilines is 1. The molecule has 6 heteroatoms. The molecule has 1 aliphatic rings. The first-order valence-corrected chi connectivity index (χ1v) is 11.3. The van der Waals surface area contributed by atoms with Crippen molar-refractivity contribution in [2.24, 2.45) is 0 Å². The van der Waals surface area contributed by atoms with Crippen LogP contribution in [0.5, 0.6) is 5.75 Å². The van der Waals surface area contributed by atoms with E-state index in [0.717, 1.165) is 39.9 Å². The van der Waals surface area contributed by atoms with Crippen LogP contribution in [0, 0.1) is 13.8 Å². The summed E-state index contributed by atoms with van der Waals surface area (Å²) < 4.78 is 11.5. The van der Waals surface area contributed by atoms with Crippen molar-refractivity contribution < 1.29 is 14.1 Å². The molecule has 0 radical (unpaired) electrons. The molecule has 0 spiro atoms. The number of hydrogen-bond donors (Lipinski definition) is 1. The fraction of sp³-hybridized carbons (Fsp3) is 0.259. The third kappa shape index (κ3) is 4.42. The number of aryl methyl sites for hydroxylation is 2. The Hall–Kier alpha value is -3.80. The van der Waals surface area contributed by atoms with E-state index < -0.39 is 0 Å². The van der Waals surface area contributed by atoms with Crippen LogP contribution in [0.4, 0.5) is 5.69 Å². The maximum atomic E-state index is 13.6. The number of nitrogens with zero attached hydrogens (tertiary/aromatic N) is 2. The van der Waals surface area contributed by atoms with E-state index >= 15 is 0 Å². The van der Waals surface area contributed by atoms with Gasteiger partial charge in [0.1, 0.15) is 18.1 Å². The smallest absolute Gasteiger partial charge is 0.257 e. The minimum atomic E-state index is -0.00752. The molecule has 1 N–H and O–H groups in total. The highest BCUT2D eigenvalue weighted by atomic mass is 16.5. The van der Waals surface area contributed by atoms with E-state index in [9.17, 15) is 4.79 Å². The number of hydrogen-bond acceptors (Lipinski definition) is 5. The number of nitrogens with one attached hydrogen (secondary N) is 1. The third-order valence-corrected chi connectivity index (χ3v) is 6.25. The number of fused-ring (bicyclic) bond motifs is 1. The molecular weight excluding hydrogens is 414 g/mol. The predicted octanol–water partition coefficient (Wildman–Crippen LogP) is 5.35. The number of carbonyl (C=O) groups is 1. The van der Waals surface area contributed by atoms with Crippen LogP contribution in [0.1, 0.15) is 33.8 Å². The highest BCUT2D eigenvalue weighted by molar-refractivity contribution is 6.01. The van der Waals surface area contributed by atoms with Gasteiger partial charge in [-0.05, 0) is 55.3 Å². The topological polar surface area (TPSA) is 67.6 Å². The Morgan fingerprint density at radius 2 is 1.82 bits per heavy atom. The molecule has 6 nitrogen and oxygen atoms in total. The lowest BCUT2D eigenvalue weighted by Crippen LogP contribution is -2.31. The van der Waals surface area contributed by atoms with Gasteiger partial charge >= 0.3 is 0 Å². The number of carbonyl (C=O) groups excluding carboxylic acids is 1. The normalized spacial score (nSPS) is 15.7. The Morgan fingerprint density at radius 3 is 2.55 bits per heavy atom. The molecule has 3 aromatic carbocycles. The van der Waals surface area contributed by atoms with Gasteiger partial charge in [0, 0.05) is 24.8 Å². The van der Waals surface area contributed by atoms with Gasteiger partial charge in [-0.15, -0.1) is 0 Å². The molecule has 0 bridgehead atoms. The number of rotatable bonds is 6. The zero-order valence-electron chi connectivity index (χ0n) is 18.9. The van der Waals surface area contributed by atoms with Crippen molar-refractivity contribution in [2.75, 3.05) is 18.4 Å². The van der Waals surface area contributed by atoms with Gasteiger partial charge < -0.3 is 19.5 Å². The summed E-state index contributed by atoms with van der Waals surface area (Å²) in [6.07, 6.45) is 0.906. The van der Waals surface area contributed by atoms with Crippen LogP contribution in [0.15, 0.2) is 71.3 Å². The molecule has 0 aliphatic carbocycles. The summed E-state index contributed by atoms with van der Waals surface area (Å²) in [5.74, 6) is 1.31. The van der Waals surface area contributed by atoms with E-state index in [-0.39, 0.29) is 11.9 Å². The van der Waals surface area contributed by atoms with Crippen molar-refractivity contribution in [3.63, 3.8) is 0 Å². The fourth-order valence-electron chi connectivity index (χ4n) is 4.37. The molecule has 1 fully saturated rings. The maximum Gasteiger partial charge on any atom is 0.257 e. The second-order valence-electron chi connectivity index (χ2n) is 8.53. The molecule has 1 amide bonds. The summed E-state index contributed by atoms with van der Waals surface area (Å²) in [6.45, 7) is 5.43. The minimum absolute atomic E-state index is 0.00752. The van der Waals surface area contributed by atoms with Gasteiger partial charge in [-0.2, -0.15) is 0 Å². The molecule has 168 valence electrons. The van der Waals surface area contributed by atoms with Crippen molar-refractivity contribution in [3.05, 3.63) is 89.3 Å². The summed E-state index contributed by atoms with van der Waals surface area (Å²) in [6, 6.07) is 22.3. The molecule has 1 aromatic heterocycles. The number of amides is 1. The molecule has 5 rings (SSSR count). The van der Waals surface area contributed by atoms with Crippen LogP contribution in [-0.4, -0.2) is 35.1 Å². The van der Waals surface area contributed by atoms with Crippen LogP contribution in [0.25, 0.3) is 10.8 Å². The Kier molecular flexibility index (Phi) is 5.73. The van der Waals surface area contributed by atoms with Crippen LogP contribution in [0.2, 0.25) is 0 Å². The second-order valence-corrected chi connectivity index (χ2v) is 8.53. The highest BCUT2D eigenvalue weighted by Crippen LogP contribution is 2.30. The summed E-state index contributed by atoms with van der Waals surface area (Å²) in [4.78, 5) is 15.5. The number of likely N-dealkylation sites (tertiary alicyclic amines) is 1. The first kappa shape index (κ1) is 21.1. The van der Waals surface area contributed by atoms with Crippen molar-refractivity contribution in [3.8, 4) is 5.75 Å². The van der Waals surface area contributed by atoms with Crippen LogP contribution >= 0.6 is 0 Å². The van der Waals surface area contributed by atoms with Gasteiger partial charge in [0.05, 0.1) is 16.8 Å². The molecule has 1 aliphatic heterocycles. The summed E-state index contributed by atoms with van der Waals surface area (Å²) >= 11 is 0. The SMILES string of the molecule is Cc1noc(C)c1COc1cc2ccccc2cc1C(=O)N1CCC(Nc2ccccc2)C1. The minimum Gasteiger partial charge on any atom is -0.488 e. The maximum absolute atomic E-state index is 13.6. The summed E-state index contributed by atoms with van der Waals surface area (Å²) in [5.41, 5.74) is 3.37. The van der Waals surface area contributed by atoms with E-state index in [0.29, 0.717) is 31.0 Å². The zero-order valence-corrected chi connectivity index (χ0v) is 18.9. The number of ether oxygens (including phenoxy) is 1. The summed E-state index contributed by atoms with van der Waals surface area (Å²) in [7, 11) is 0. The molecule has 0 saturated carbocycles. The summed E-state index contributed by atoms with van der Waals surface area (Å²) in [5, 5.41) is 9.59. The standard InChI is InChI=1S/C27H27N3O3/c1-18-25(19(2)33-29-18)17-32-26-15-21-9-7-6-8-20(21)14-24(26)27(31)30-13-12-23(16-30)28-22-10-4-3-5-11-22/h3-11,14-15,23,28H,12-13,16-17H2,1-2H3. The average molecular weight is 442 g/mol. The van der Waals surface area contributed by atoms with Crippen molar-refractivity contribution in [2.45, 2.75) is 32.9 Å². The largest absolute Gasteiger partial charge is 0.488 e. The van der Waals surface area contributed by atoms with Gasteiger partial charge in [-0.25, -0.2) is 0 Å². The van der Waals surface area contributed by atoms with Gasteiger partial charge in [0.15, 0.2) is 0 Å². The first-order chi connectivity index (χ1) is 16.1.